The number of aromatic nitrogens is 1. The van der Waals surface area contributed by atoms with E-state index in [4.69, 9.17) is 4.42 Å². The summed E-state index contributed by atoms with van der Waals surface area (Å²) in [6.07, 6.45) is -4.94. The molecule has 0 bridgehead atoms. The second-order valence-electron chi connectivity index (χ2n) is 6.24. The highest BCUT2D eigenvalue weighted by atomic mass is 19.4. The number of benzene rings is 3. The van der Waals surface area contributed by atoms with Gasteiger partial charge in [-0.05, 0) is 42.0 Å². The Hall–Kier alpha value is -3.35. The molecular weight excluding hydrogens is 369 g/mol. The lowest BCUT2D eigenvalue weighted by atomic mass is 10.0. The van der Waals surface area contributed by atoms with E-state index in [0.29, 0.717) is 21.9 Å². The number of nitrogens with zero attached hydrogens (tertiary/aromatic N) is 2. The molecule has 7 heteroatoms. The van der Waals surface area contributed by atoms with Crippen LogP contribution in [0, 0.1) is 0 Å². The second kappa shape index (κ2) is 6.67. The molecule has 28 heavy (non-hydrogen) atoms. The van der Waals surface area contributed by atoms with Gasteiger partial charge < -0.3 is 9.32 Å². The monoisotopic (exact) mass is 384 g/mol. The average Bonchev–Trinajstić information content (AvgIpc) is 3.10. The zero-order valence-corrected chi connectivity index (χ0v) is 14.8. The van der Waals surface area contributed by atoms with Crippen LogP contribution in [0.5, 0.6) is 0 Å². The van der Waals surface area contributed by atoms with Gasteiger partial charge in [0.2, 0.25) is 5.89 Å². The molecule has 0 aliphatic carbocycles. The molecule has 142 valence electrons. The molecule has 0 aliphatic heterocycles. The average molecular weight is 384 g/mol. The Labute approximate surface area is 158 Å². The molecule has 0 atom stereocenters. The zero-order valence-electron chi connectivity index (χ0n) is 14.8. The number of halogens is 3. The smallest absolute Gasteiger partial charge is 0.436 e. The molecule has 1 heterocycles. The van der Waals surface area contributed by atoms with Crippen LogP contribution in [0.1, 0.15) is 6.92 Å². The molecule has 1 aromatic heterocycles. The van der Waals surface area contributed by atoms with Gasteiger partial charge in [0.1, 0.15) is 5.52 Å². The fraction of sp³-hybridized carbons (Fsp3) is 0.143. The molecule has 4 aromatic rings. The minimum Gasteiger partial charge on any atom is -0.436 e. The van der Waals surface area contributed by atoms with E-state index in [1.54, 1.807) is 0 Å². The number of carbonyl (C=O) groups is 1. The van der Waals surface area contributed by atoms with Crippen molar-refractivity contribution in [3.05, 3.63) is 60.7 Å². The molecule has 0 N–H and O–H groups in total. The summed E-state index contributed by atoms with van der Waals surface area (Å²) < 4.78 is 44.3. The fourth-order valence-electron chi connectivity index (χ4n) is 3.21. The van der Waals surface area contributed by atoms with Crippen molar-refractivity contribution in [2.75, 3.05) is 11.4 Å². The minimum atomic E-state index is -4.94. The number of amides is 1. The standard InChI is InChI=1S/C21H15F3N2O2/c1-2-26(20(27)21(22,23)24)14-10-11-18-17(12-14)25-19(28-18)16-9-5-7-13-6-3-4-8-15(13)16/h3-12H,2H2,1H3. The number of carbonyl (C=O) groups excluding carboxylic acids is 1. The maximum atomic E-state index is 12.8. The Morgan fingerprint density at radius 2 is 1.82 bits per heavy atom. The fourth-order valence-corrected chi connectivity index (χ4v) is 3.21. The van der Waals surface area contributed by atoms with Gasteiger partial charge in [0, 0.05) is 17.8 Å². The highest BCUT2D eigenvalue weighted by Gasteiger charge is 2.42. The predicted octanol–water partition coefficient (Wildman–Crippen LogP) is 5.56. The zero-order chi connectivity index (χ0) is 19.9. The molecule has 0 saturated carbocycles. The summed E-state index contributed by atoms with van der Waals surface area (Å²) in [7, 11) is 0. The first-order valence-corrected chi connectivity index (χ1v) is 8.66. The van der Waals surface area contributed by atoms with Gasteiger partial charge in [-0.2, -0.15) is 13.2 Å². The normalized spacial score (nSPS) is 11.9. The first kappa shape index (κ1) is 18.0. The van der Waals surface area contributed by atoms with Crippen LogP contribution in [0.4, 0.5) is 18.9 Å². The van der Waals surface area contributed by atoms with Gasteiger partial charge in [0.25, 0.3) is 0 Å². The van der Waals surface area contributed by atoms with E-state index >= 15 is 0 Å². The van der Waals surface area contributed by atoms with Crippen molar-refractivity contribution in [2.45, 2.75) is 13.1 Å². The van der Waals surface area contributed by atoms with Gasteiger partial charge in [-0.25, -0.2) is 4.98 Å². The van der Waals surface area contributed by atoms with Crippen LogP contribution in [0.15, 0.2) is 65.1 Å². The topological polar surface area (TPSA) is 46.3 Å². The second-order valence-corrected chi connectivity index (χ2v) is 6.24. The van der Waals surface area contributed by atoms with Gasteiger partial charge in [-0.15, -0.1) is 0 Å². The number of hydrogen-bond donors (Lipinski definition) is 0. The lowest BCUT2D eigenvalue weighted by Gasteiger charge is -2.21. The minimum absolute atomic E-state index is 0.113. The van der Waals surface area contributed by atoms with Gasteiger partial charge in [0.15, 0.2) is 5.58 Å². The molecule has 0 spiro atoms. The third-order valence-electron chi connectivity index (χ3n) is 4.51. The first-order valence-electron chi connectivity index (χ1n) is 8.66. The summed E-state index contributed by atoms with van der Waals surface area (Å²) in [6, 6.07) is 17.9. The van der Waals surface area contributed by atoms with Crippen LogP contribution in [-0.4, -0.2) is 23.6 Å². The van der Waals surface area contributed by atoms with Crippen LogP contribution in [0.2, 0.25) is 0 Å². The molecule has 1 amide bonds. The van der Waals surface area contributed by atoms with Gasteiger partial charge >= 0.3 is 12.1 Å². The Morgan fingerprint density at radius 1 is 1.07 bits per heavy atom. The predicted molar refractivity (Wildman–Crippen MR) is 101 cm³/mol. The summed E-state index contributed by atoms with van der Waals surface area (Å²) in [4.78, 5) is 16.8. The lowest BCUT2D eigenvalue weighted by Crippen LogP contribution is -2.41. The van der Waals surface area contributed by atoms with E-state index in [0.717, 1.165) is 16.3 Å². The van der Waals surface area contributed by atoms with Crippen LogP contribution in [0.3, 0.4) is 0 Å². The van der Waals surface area contributed by atoms with Gasteiger partial charge in [0.05, 0.1) is 0 Å². The third kappa shape index (κ3) is 3.09. The summed E-state index contributed by atoms with van der Waals surface area (Å²) in [5, 5.41) is 1.98. The van der Waals surface area contributed by atoms with Crippen LogP contribution in [-0.2, 0) is 4.79 Å². The van der Waals surface area contributed by atoms with Crippen molar-refractivity contribution < 1.29 is 22.4 Å². The Kier molecular flexibility index (Phi) is 4.30. The molecule has 0 fully saturated rings. The van der Waals surface area contributed by atoms with Gasteiger partial charge in [-0.3, -0.25) is 4.79 Å². The van der Waals surface area contributed by atoms with Crippen LogP contribution in [0.25, 0.3) is 33.3 Å². The SMILES string of the molecule is CCN(C(=O)C(F)(F)F)c1ccc2oc(-c3cccc4ccccc34)nc2c1. The molecule has 4 rings (SSSR count). The number of fused-ring (bicyclic) bond motifs is 2. The van der Waals surface area contributed by atoms with Crippen molar-refractivity contribution >= 4 is 33.5 Å². The van der Waals surface area contributed by atoms with Crippen molar-refractivity contribution in [3.63, 3.8) is 0 Å². The Morgan fingerprint density at radius 3 is 2.57 bits per heavy atom. The largest absolute Gasteiger partial charge is 0.471 e. The van der Waals surface area contributed by atoms with E-state index < -0.39 is 12.1 Å². The van der Waals surface area contributed by atoms with Crippen LogP contribution >= 0.6 is 0 Å². The number of rotatable bonds is 3. The summed E-state index contributed by atoms with van der Waals surface area (Å²) in [5.74, 6) is -1.54. The highest BCUT2D eigenvalue weighted by molar-refractivity contribution is 5.99. The first-order chi connectivity index (χ1) is 13.4. The van der Waals surface area contributed by atoms with E-state index in [2.05, 4.69) is 4.98 Å². The molecular formula is C21H15F3N2O2. The highest BCUT2D eigenvalue weighted by Crippen LogP contribution is 2.32. The van der Waals surface area contributed by atoms with Crippen LogP contribution < -0.4 is 4.90 Å². The van der Waals surface area contributed by atoms with E-state index in [-0.39, 0.29) is 12.2 Å². The van der Waals surface area contributed by atoms with E-state index in [1.165, 1.54) is 25.1 Å². The molecule has 0 saturated heterocycles. The quantitative estimate of drug-likeness (QED) is 0.464. The molecule has 3 aromatic carbocycles. The molecule has 0 unspecified atom stereocenters. The summed E-state index contributed by atoms with van der Waals surface area (Å²) in [6.45, 7) is 1.37. The van der Waals surface area contributed by atoms with Crippen molar-refractivity contribution in [1.82, 2.24) is 4.98 Å². The van der Waals surface area contributed by atoms with E-state index in [1.807, 2.05) is 42.5 Å². The number of alkyl halides is 3. The molecule has 0 radical (unpaired) electrons. The molecule has 4 nitrogen and oxygen atoms in total. The number of hydrogen-bond acceptors (Lipinski definition) is 3. The van der Waals surface area contributed by atoms with Crippen molar-refractivity contribution in [1.29, 1.82) is 0 Å². The maximum Gasteiger partial charge on any atom is 0.471 e. The van der Waals surface area contributed by atoms with E-state index in [9.17, 15) is 18.0 Å². The maximum absolute atomic E-state index is 12.8. The van der Waals surface area contributed by atoms with Crippen molar-refractivity contribution in [2.24, 2.45) is 0 Å². The lowest BCUT2D eigenvalue weighted by molar-refractivity contribution is -0.170. The number of anilines is 1. The van der Waals surface area contributed by atoms with Crippen molar-refractivity contribution in [3.8, 4) is 11.5 Å². The molecule has 0 aliphatic rings. The third-order valence-corrected chi connectivity index (χ3v) is 4.51. The summed E-state index contributed by atoms with van der Waals surface area (Å²) >= 11 is 0. The number of oxazole rings is 1. The Balaban J connectivity index is 1.79. The summed E-state index contributed by atoms with van der Waals surface area (Å²) in [5.41, 5.74) is 1.72. The Bertz CT molecular complexity index is 1180. The van der Waals surface area contributed by atoms with Gasteiger partial charge in [-0.1, -0.05) is 36.4 Å².